The second kappa shape index (κ2) is 7.59. The average Bonchev–Trinajstić information content (AvgIpc) is 3.63. The number of phenolic OH excluding ortho intramolecular Hbond substituents is 1. The second-order valence-electron chi connectivity index (χ2n) is 10.6. The van der Waals surface area contributed by atoms with Gasteiger partial charge < -0.3 is 25.4 Å². The highest BCUT2D eigenvalue weighted by Crippen LogP contribution is 2.67. The molecule has 1 fully saturated rings. The molecule has 3 aromatic carbocycles. The Kier molecular flexibility index (Phi) is 4.61. The van der Waals surface area contributed by atoms with E-state index in [0.29, 0.717) is 0 Å². The molecule has 192 valence electrons. The Labute approximate surface area is 224 Å². The molecule has 7 nitrogen and oxygen atoms in total. The third kappa shape index (κ3) is 2.79. The van der Waals surface area contributed by atoms with Gasteiger partial charge in [0.15, 0.2) is 28.9 Å². The minimum Gasteiger partial charge on any atom is -0.507 e. The molecule has 0 unspecified atom stereocenters. The molecule has 1 saturated heterocycles. The molecule has 4 N–H and O–H groups in total. The van der Waals surface area contributed by atoms with Crippen molar-refractivity contribution in [2.24, 2.45) is 0 Å². The van der Waals surface area contributed by atoms with E-state index in [2.05, 4.69) is 29.0 Å². The normalized spacial score (nSPS) is 28.7. The largest absolute Gasteiger partial charge is 0.507 e. The Morgan fingerprint density at radius 2 is 1.51 bits per heavy atom. The molecule has 5 atom stereocenters. The molecule has 4 aliphatic rings. The van der Waals surface area contributed by atoms with Crippen molar-refractivity contribution in [3.63, 3.8) is 0 Å². The number of ether oxygens (including phenoxy) is 1. The van der Waals surface area contributed by atoms with E-state index in [9.17, 15) is 24.9 Å². The highest BCUT2D eigenvalue weighted by molar-refractivity contribution is 6.32. The number of fused-ring (bicyclic) bond motifs is 5. The molecule has 0 amide bonds. The number of aromatic hydroxyl groups is 1. The van der Waals surface area contributed by atoms with Crippen molar-refractivity contribution in [3.8, 4) is 29.4 Å². The standard InChI is InChI=1S/C32H23NO6/c1-15-10-18-12-20-21(13-19(18)11-16(15)2)30(38)27-26(29(20)37)23(35)14-22-28(27)33-24-8-6-4-5-7-9-25(36)32(22)31(24,39-32)17(3)34/h4-5,10-14,17,24-25,33-36H,1-3H3/b5-4-/t17-,24+,25-,31+,32+/m1/s1. The van der Waals surface area contributed by atoms with Crippen LogP contribution in [0.1, 0.15) is 55.5 Å². The molecule has 2 heterocycles. The van der Waals surface area contributed by atoms with E-state index in [1.165, 1.54) is 25.1 Å². The summed E-state index contributed by atoms with van der Waals surface area (Å²) in [7, 11) is 0. The van der Waals surface area contributed by atoms with E-state index in [-0.39, 0.29) is 33.5 Å². The third-order valence-electron chi connectivity index (χ3n) is 8.53. The lowest BCUT2D eigenvalue weighted by atomic mass is 9.69. The molecule has 2 bridgehead atoms. The van der Waals surface area contributed by atoms with Gasteiger partial charge in [0, 0.05) is 16.7 Å². The lowest BCUT2D eigenvalue weighted by molar-refractivity contribution is 0.0867. The molecule has 0 saturated carbocycles. The third-order valence-corrected chi connectivity index (χ3v) is 8.53. The zero-order chi connectivity index (χ0) is 27.4. The molecule has 0 aromatic heterocycles. The number of hydrogen-bond donors (Lipinski definition) is 4. The maximum Gasteiger partial charge on any atom is 0.198 e. The fourth-order valence-corrected chi connectivity index (χ4v) is 6.46. The number of hydrogen-bond acceptors (Lipinski definition) is 7. The minimum atomic E-state index is -1.59. The van der Waals surface area contributed by atoms with Crippen LogP contribution >= 0.6 is 0 Å². The molecular formula is C32H23NO6. The number of nitrogens with one attached hydrogen (secondary N) is 1. The van der Waals surface area contributed by atoms with Crippen molar-refractivity contribution in [3.05, 3.63) is 81.4 Å². The summed E-state index contributed by atoms with van der Waals surface area (Å²) in [5.74, 6) is 10.0. The average molecular weight is 518 g/mol. The smallest absolute Gasteiger partial charge is 0.198 e. The molecule has 7 heteroatoms. The molecular weight excluding hydrogens is 494 g/mol. The van der Waals surface area contributed by atoms with Crippen molar-refractivity contribution < 1.29 is 29.6 Å². The van der Waals surface area contributed by atoms with Gasteiger partial charge in [0.05, 0.1) is 22.9 Å². The number of carbonyl (C=O) groups is 2. The maximum atomic E-state index is 14.2. The van der Waals surface area contributed by atoms with Gasteiger partial charge in [-0.25, -0.2) is 0 Å². The van der Waals surface area contributed by atoms with E-state index in [1.807, 2.05) is 26.0 Å². The SMILES string of the molecule is Cc1cc2cc3c(cc2cc1C)C(=O)c1c2c(cc(O)c1C3=O)[C@@]13O[C@@]1([C@@H](C)O)[C@H](C#C/C=C\C#C[C@H]3O)N2. The highest BCUT2D eigenvalue weighted by atomic mass is 16.7. The Morgan fingerprint density at radius 1 is 0.923 bits per heavy atom. The number of anilines is 1. The van der Waals surface area contributed by atoms with E-state index in [4.69, 9.17) is 4.74 Å². The van der Waals surface area contributed by atoms with Gasteiger partial charge in [-0.2, -0.15) is 0 Å². The van der Waals surface area contributed by atoms with Crippen LogP contribution in [0.25, 0.3) is 10.8 Å². The van der Waals surface area contributed by atoms with Gasteiger partial charge in [-0.05, 0) is 73.0 Å². The van der Waals surface area contributed by atoms with Crippen LogP contribution in [0.3, 0.4) is 0 Å². The van der Waals surface area contributed by atoms with Crippen LogP contribution in [-0.4, -0.2) is 50.7 Å². The van der Waals surface area contributed by atoms with E-state index < -0.39 is 46.8 Å². The molecule has 39 heavy (non-hydrogen) atoms. The Bertz CT molecular complexity index is 1860. The minimum absolute atomic E-state index is 0.0145. The molecule has 7 rings (SSSR count). The second-order valence-corrected chi connectivity index (χ2v) is 10.6. The van der Waals surface area contributed by atoms with Crippen LogP contribution in [0.4, 0.5) is 5.69 Å². The summed E-state index contributed by atoms with van der Waals surface area (Å²) in [6.45, 7) is 5.50. The van der Waals surface area contributed by atoms with Gasteiger partial charge in [-0.15, -0.1) is 0 Å². The van der Waals surface area contributed by atoms with E-state index in [0.717, 1.165) is 21.9 Å². The topological polar surface area (TPSA) is 119 Å². The van der Waals surface area contributed by atoms with Gasteiger partial charge in [-0.1, -0.05) is 35.8 Å². The van der Waals surface area contributed by atoms with E-state index >= 15 is 0 Å². The number of aryl methyl sites for hydroxylation is 2. The summed E-state index contributed by atoms with van der Waals surface area (Å²) < 4.78 is 6.21. The number of rotatable bonds is 1. The quantitative estimate of drug-likeness (QED) is 0.174. The van der Waals surface area contributed by atoms with Crippen molar-refractivity contribution in [2.45, 2.75) is 50.2 Å². The van der Waals surface area contributed by atoms with Crippen LogP contribution in [0.5, 0.6) is 5.75 Å². The van der Waals surface area contributed by atoms with Crippen LogP contribution in [0.15, 0.2) is 42.5 Å². The summed E-state index contributed by atoms with van der Waals surface area (Å²) in [5.41, 5.74) is -0.108. The molecule has 0 spiro atoms. The molecule has 3 aromatic rings. The predicted molar refractivity (Wildman–Crippen MR) is 144 cm³/mol. The molecule has 2 aliphatic heterocycles. The van der Waals surface area contributed by atoms with Crippen LogP contribution in [0.2, 0.25) is 0 Å². The number of aliphatic hydroxyl groups excluding tert-OH is 2. The van der Waals surface area contributed by atoms with Crippen molar-refractivity contribution in [1.82, 2.24) is 0 Å². The van der Waals surface area contributed by atoms with Gasteiger partial charge in [0.1, 0.15) is 11.8 Å². The summed E-state index contributed by atoms with van der Waals surface area (Å²) in [4.78, 5) is 28.0. The fraction of sp³-hybridized carbons (Fsp3) is 0.250. The van der Waals surface area contributed by atoms with E-state index in [1.54, 1.807) is 12.1 Å². The van der Waals surface area contributed by atoms with Crippen LogP contribution in [0, 0.1) is 37.5 Å². The first-order valence-corrected chi connectivity index (χ1v) is 12.7. The number of ketones is 2. The van der Waals surface area contributed by atoms with Crippen LogP contribution < -0.4 is 5.32 Å². The van der Waals surface area contributed by atoms with Gasteiger partial charge in [0.25, 0.3) is 0 Å². The number of aliphatic hydroxyl groups is 2. The van der Waals surface area contributed by atoms with Gasteiger partial charge in [0.2, 0.25) is 0 Å². The number of epoxide rings is 1. The predicted octanol–water partition coefficient (Wildman–Crippen LogP) is 3.01. The first-order valence-electron chi connectivity index (χ1n) is 12.7. The summed E-state index contributed by atoms with van der Waals surface area (Å²) in [5, 5.41) is 38.3. The Balaban J connectivity index is 1.52. The molecule has 0 radical (unpaired) electrons. The van der Waals surface area contributed by atoms with Crippen LogP contribution in [-0.2, 0) is 10.3 Å². The van der Waals surface area contributed by atoms with Gasteiger partial charge >= 0.3 is 0 Å². The number of phenols is 1. The van der Waals surface area contributed by atoms with Crippen molar-refractivity contribution in [2.75, 3.05) is 5.32 Å². The Morgan fingerprint density at radius 3 is 2.13 bits per heavy atom. The van der Waals surface area contributed by atoms with Crippen molar-refractivity contribution >= 4 is 28.0 Å². The number of allylic oxidation sites excluding steroid dienone is 2. The van der Waals surface area contributed by atoms with Crippen molar-refractivity contribution in [1.29, 1.82) is 0 Å². The fourth-order valence-electron chi connectivity index (χ4n) is 6.46. The van der Waals surface area contributed by atoms with Gasteiger partial charge in [-0.3, -0.25) is 9.59 Å². The number of carbonyl (C=O) groups excluding carboxylic acids is 2. The lowest BCUT2D eigenvalue weighted by Gasteiger charge is -2.37. The summed E-state index contributed by atoms with van der Waals surface area (Å²) >= 11 is 0. The zero-order valence-corrected chi connectivity index (χ0v) is 21.3. The first-order chi connectivity index (χ1) is 18.6. The maximum absolute atomic E-state index is 14.2. The lowest BCUT2D eigenvalue weighted by Crippen LogP contribution is -2.54. The first kappa shape index (κ1) is 23.7. The Hall–Kier alpha value is -4.40. The zero-order valence-electron chi connectivity index (χ0n) is 21.3. The monoisotopic (exact) mass is 517 g/mol. The summed E-state index contributed by atoms with van der Waals surface area (Å²) in [6.07, 6.45) is 0.493. The highest BCUT2D eigenvalue weighted by Gasteiger charge is 2.82. The molecule has 2 aliphatic carbocycles. The summed E-state index contributed by atoms with van der Waals surface area (Å²) in [6, 6.07) is 7.83. The number of benzene rings is 3.